The molecule has 1 saturated carbocycles. The van der Waals surface area contributed by atoms with Gasteiger partial charge in [-0.3, -0.25) is 0 Å². The monoisotopic (exact) mass is 265 g/mol. The van der Waals surface area contributed by atoms with Crippen LogP contribution >= 0.6 is 0 Å². The van der Waals surface area contributed by atoms with Crippen LogP contribution in [0.1, 0.15) is 62.5 Å². The molecule has 0 amide bonds. The molecular weight excluding hydrogens is 242 g/mol. The molecule has 2 atom stereocenters. The lowest BCUT2D eigenvalue weighted by atomic mass is 9.90. The third kappa shape index (κ3) is 3.55. The Labute approximate surface area is 115 Å². The molecule has 0 saturated heterocycles. The average Bonchev–Trinajstić information content (AvgIpc) is 2.64. The van der Waals surface area contributed by atoms with Crippen molar-refractivity contribution >= 4 is 0 Å². The SMILES string of the molecule is [CH2]C1CCCC(c2ccc(C(F)(F)CC)cc2)CC1. The number of halogens is 2. The fourth-order valence-electron chi connectivity index (χ4n) is 2.92. The van der Waals surface area contributed by atoms with Crippen LogP contribution in [-0.2, 0) is 5.92 Å². The zero-order chi connectivity index (χ0) is 13.9. The molecule has 105 valence electrons. The Bertz CT molecular complexity index is 394. The van der Waals surface area contributed by atoms with Crippen LogP contribution in [0.15, 0.2) is 24.3 Å². The Morgan fingerprint density at radius 2 is 1.79 bits per heavy atom. The standard InChI is InChI=1S/C17H23F2/c1-3-17(18,19)16-11-9-15(10-12-16)14-6-4-5-13(2)7-8-14/h9-14H,2-8H2,1H3. The Morgan fingerprint density at radius 3 is 2.42 bits per heavy atom. The van der Waals surface area contributed by atoms with E-state index in [1.165, 1.54) is 25.3 Å². The predicted molar refractivity (Wildman–Crippen MR) is 75.3 cm³/mol. The number of benzene rings is 1. The van der Waals surface area contributed by atoms with E-state index >= 15 is 0 Å². The lowest BCUT2D eigenvalue weighted by molar-refractivity contribution is -0.00830. The van der Waals surface area contributed by atoms with Gasteiger partial charge < -0.3 is 0 Å². The van der Waals surface area contributed by atoms with Gasteiger partial charge in [0.25, 0.3) is 5.92 Å². The first-order valence-corrected chi connectivity index (χ1v) is 7.34. The van der Waals surface area contributed by atoms with Crippen molar-refractivity contribution in [3.63, 3.8) is 0 Å². The highest BCUT2D eigenvalue weighted by Crippen LogP contribution is 2.36. The fourth-order valence-corrected chi connectivity index (χ4v) is 2.92. The Morgan fingerprint density at radius 1 is 1.11 bits per heavy atom. The highest BCUT2D eigenvalue weighted by Gasteiger charge is 2.28. The maximum atomic E-state index is 13.6. The smallest absolute Gasteiger partial charge is 0.201 e. The molecule has 2 heteroatoms. The molecule has 0 spiro atoms. The lowest BCUT2D eigenvalue weighted by Gasteiger charge is -2.18. The van der Waals surface area contributed by atoms with Crippen LogP contribution in [0, 0.1) is 12.8 Å². The van der Waals surface area contributed by atoms with Gasteiger partial charge >= 0.3 is 0 Å². The van der Waals surface area contributed by atoms with Crippen molar-refractivity contribution in [2.75, 3.05) is 0 Å². The summed E-state index contributed by atoms with van der Waals surface area (Å²) in [5.74, 6) is -1.61. The zero-order valence-corrected chi connectivity index (χ0v) is 11.7. The van der Waals surface area contributed by atoms with Crippen molar-refractivity contribution in [1.82, 2.24) is 0 Å². The summed E-state index contributed by atoms with van der Waals surface area (Å²) in [7, 11) is 0. The van der Waals surface area contributed by atoms with Gasteiger partial charge in [-0.15, -0.1) is 0 Å². The highest BCUT2D eigenvalue weighted by atomic mass is 19.3. The van der Waals surface area contributed by atoms with Crippen molar-refractivity contribution in [3.8, 4) is 0 Å². The molecule has 1 aromatic rings. The highest BCUT2D eigenvalue weighted by molar-refractivity contribution is 5.28. The first-order valence-electron chi connectivity index (χ1n) is 7.34. The van der Waals surface area contributed by atoms with Gasteiger partial charge in [-0.05, 0) is 36.7 Å². The van der Waals surface area contributed by atoms with Crippen LogP contribution in [0.3, 0.4) is 0 Å². The molecule has 0 nitrogen and oxygen atoms in total. The van der Waals surface area contributed by atoms with Gasteiger partial charge in [-0.25, -0.2) is 8.78 Å². The minimum atomic E-state index is -2.69. The summed E-state index contributed by atoms with van der Waals surface area (Å²) in [6.45, 7) is 5.67. The molecular formula is C17H23F2. The van der Waals surface area contributed by atoms with E-state index in [2.05, 4.69) is 6.92 Å². The number of hydrogen-bond acceptors (Lipinski definition) is 0. The Hall–Kier alpha value is -0.920. The lowest BCUT2D eigenvalue weighted by Crippen LogP contribution is -2.11. The predicted octanol–water partition coefficient (Wildman–Crippen LogP) is 5.69. The van der Waals surface area contributed by atoms with E-state index < -0.39 is 5.92 Å². The van der Waals surface area contributed by atoms with Gasteiger partial charge in [0.05, 0.1) is 0 Å². The van der Waals surface area contributed by atoms with Crippen LogP contribution in [0.25, 0.3) is 0 Å². The molecule has 0 heterocycles. The van der Waals surface area contributed by atoms with Crippen LogP contribution in [0.4, 0.5) is 8.78 Å². The summed E-state index contributed by atoms with van der Waals surface area (Å²) in [5.41, 5.74) is 1.35. The van der Waals surface area contributed by atoms with Crippen LogP contribution < -0.4 is 0 Å². The number of alkyl halides is 2. The molecule has 19 heavy (non-hydrogen) atoms. The molecule has 0 aliphatic heterocycles. The van der Waals surface area contributed by atoms with Gasteiger partial charge in [0.15, 0.2) is 0 Å². The largest absolute Gasteiger partial charge is 0.273 e. The van der Waals surface area contributed by atoms with Gasteiger partial charge in [-0.1, -0.05) is 51.0 Å². The van der Waals surface area contributed by atoms with Crippen LogP contribution in [0.5, 0.6) is 0 Å². The van der Waals surface area contributed by atoms with E-state index in [9.17, 15) is 8.78 Å². The van der Waals surface area contributed by atoms with Gasteiger partial charge in [0.2, 0.25) is 0 Å². The zero-order valence-electron chi connectivity index (χ0n) is 11.7. The molecule has 2 rings (SSSR count). The van der Waals surface area contributed by atoms with Gasteiger partial charge in [-0.2, -0.15) is 0 Å². The van der Waals surface area contributed by atoms with Gasteiger partial charge in [0.1, 0.15) is 0 Å². The van der Waals surface area contributed by atoms with E-state index in [1.54, 1.807) is 12.1 Å². The Kier molecular flexibility index (Phi) is 4.59. The minimum Gasteiger partial charge on any atom is -0.201 e. The summed E-state index contributed by atoms with van der Waals surface area (Å²) >= 11 is 0. The molecule has 1 fully saturated rings. The maximum Gasteiger partial charge on any atom is 0.273 e. The summed E-state index contributed by atoms with van der Waals surface area (Å²) in [5, 5.41) is 0. The molecule has 1 aliphatic carbocycles. The Balaban J connectivity index is 2.09. The first kappa shape index (κ1) is 14.5. The van der Waals surface area contributed by atoms with Crippen LogP contribution in [0.2, 0.25) is 0 Å². The maximum absolute atomic E-state index is 13.6. The van der Waals surface area contributed by atoms with Crippen molar-refractivity contribution in [2.24, 2.45) is 5.92 Å². The summed E-state index contributed by atoms with van der Waals surface area (Å²) in [4.78, 5) is 0. The second-order valence-corrected chi connectivity index (χ2v) is 5.75. The molecule has 0 bridgehead atoms. The fraction of sp³-hybridized carbons (Fsp3) is 0.588. The molecule has 1 radical (unpaired) electrons. The molecule has 0 N–H and O–H groups in total. The first-order chi connectivity index (χ1) is 9.03. The summed E-state index contributed by atoms with van der Waals surface area (Å²) < 4.78 is 27.1. The van der Waals surface area contributed by atoms with Crippen LogP contribution in [-0.4, -0.2) is 0 Å². The second kappa shape index (κ2) is 6.02. The van der Waals surface area contributed by atoms with Gasteiger partial charge in [0, 0.05) is 12.0 Å². The average molecular weight is 265 g/mol. The van der Waals surface area contributed by atoms with Crippen molar-refractivity contribution < 1.29 is 8.78 Å². The van der Waals surface area contributed by atoms with E-state index in [0.29, 0.717) is 11.8 Å². The van der Waals surface area contributed by atoms with E-state index in [-0.39, 0.29) is 12.0 Å². The van der Waals surface area contributed by atoms with Crippen molar-refractivity contribution in [3.05, 3.63) is 42.3 Å². The van der Waals surface area contributed by atoms with Crippen molar-refractivity contribution in [2.45, 2.75) is 57.3 Å². The molecule has 2 unspecified atom stereocenters. The third-order valence-corrected chi connectivity index (χ3v) is 4.34. The number of rotatable bonds is 3. The topological polar surface area (TPSA) is 0 Å². The summed E-state index contributed by atoms with van der Waals surface area (Å²) in [6.07, 6.45) is 5.71. The van der Waals surface area contributed by atoms with E-state index in [1.807, 2.05) is 12.1 Å². The number of hydrogen-bond donors (Lipinski definition) is 0. The quantitative estimate of drug-likeness (QED) is 0.616. The molecule has 1 aromatic carbocycles. The third-order valence-electron chi connectivity index (χ3n) is 4.34. The van der Waals surface area contributed by atoms with Crippen molar-refractivity contribution in [1.29, 1.82) is 0 Å². The molecule has 0 aromatic heterocycles. The molecule has 1 aliphatic rings. The normalized spacial score (nSPS) is 25.1. The minimum absolute atomic E-state index is 0.140. The van der Waals surface area contributed by atoms with E-state index in [4.69, 9.17) is 0 Å². The summed E-state index contributed by atoms with van der Waals surface area (Å²) in [6, 6.07) is 7.00. The second-order valence-electron chi connectivity index (χ2n) is 5.75. The van der Waals surface area contributed by atoms with E-state index in [0.717, 1.165) is 19.3 Å².